The van der Waals surface area contributed by atoms with Crippen LogP contribution in [-0.4, -0.2) is 44.1 Å². The molecule has 1 aliphatic rings. The Morgan fingerprint density at radius 3 is 2.96 bits per heavy atom. The lowest BCUT2D eigenvalue weighted by Gasteiger charge is -2.37. The molecule has 0 spiro atoms. The van der Waals surface area contributed by atoms with E-state index in [4.69, 9.17) is 4.74 Å². The molecule has 0 saturated carbocycles. The fraction of sp³-hybridized carbons (Fsp3) is 0.550. The zero-order valence-electron chi connectivity index (χ0n) is 15.7. The van der Waals surface area contributed by atoms with Gasteiger partial charge in [-0.3, -0.25) is 9.78 Å². The molecule has 2 aromatic heterocycles. The van der Waals surface area contributed by atoms with Gasteiger partial charge in [-0.25, -0.2) is 4.98 Å². The minimum atomic E-state index is -0.227. The number of hydrogen-bond acceptors (Lipinski definition) is 4. The number of carbonyl (C=O) groups excluding carboxylic acids is 1. The van der Waals surface area contributed by atoms with Gasteiger partial charge in [-0.1, -0.05) is 6.07 Å². The van der Waals surface area contributed by atoms with E-state index in [1.165, 1.54) is 0 Å². The summed E-state index contributed by atoms with van der Waals surface area (Å²) < 4.78 is 7.83. The lowest BCUT2D eigenvalue weighted by atomic mass is 9.87. The molecule has 6 nitrogen and oxygen atoms in total. The second-order valence-corrected chi connectivity index (χ2v) is 7.57. The van der Waals surface area contributed by atoms with Crippen LogP contribution in [0.25, 0.3) is 0 Å². The van der Waals surface area contributed by atoms with Crippen molar-refractivity contribution in [2.45, 2.75) is 51.8 Å². The SMILES string of the molecule is CC1(C)CC(C(=O)N(CCCn2ccnc2)Cc2cccnc2)CCO1. The van der Waals surface area contributed by atoms with Gasteiger partial charge in [0.2, 0.25) is 5.91 Å². The predicted molar refractivity (Wildman–Crippen MR) is 99.3 cm³/mol. The van der Waals surface area contributed by atoms with Gasteiger partial charge in [0, 0.05) is 56.9 Å². The van der Waals surface area contributed by atoms with E-state index >= 15 is 0 Å². The molecule has 0 aromatic carbocycles. The first kappa shape index (κ1) is 18.6. The van der Waals surface area contributed by atoms with Crippen LogP contribution in [0.1, 0.15) is 38.7 Å². The van der Waals surface area contributed by atoms with Gasteiger partial charge in [0.25, 0.3) is 0 Å². The van der Waals surface area contributed by atoms with Crippen molar-refractivity contribution < 1.29 is 9.53 Å². The normalized spacial score (nSPS) is 19.2. The van der Waals surface area contributed by atoms with Crippen LogP contribution >= 0.6 is 0 Å². The zero-order valence-corrected chi connectivity index (χ0v) is 15.7. The van der Waals surface area contributed by atoms with Crippen LogP contribution in [0.2, 0.25) is 0 Å². The smallest absolute Gasteiger partial charge is 0.226 e. The van der Waals surface area contributed by atoms with Crippen molar-refractivity contribution in [3.05, 3.63) is 48.8 Å². The van der Waals surface area contributed by atoms with Crippen molar-refractivity contribution in [1.29, 1.82) is 0 Å². The molecule has 1 amide bonds. The Morgan fingerprint density at radius 1 is 1.38 bits per heavy atom. The number of amides is 1. The summed E-state index contributed by atoms with van der Waals surface area (Å²) in [6, 6.07) is 3.94. The molecule has 1 saturated heterocycles. The van der Waals surface area contributed by atoms with Gasteiger partial charge in [0.1, 0.15) is 0 Å². The largest absolute Gasteiger partial charge is 0.376 e. The quantitative estimate of drug-likeness (QED) is 0.765. The molecular weight excluding hydrogens is 328 g/mol. The van der Waals surface area contributed by atoms with Crippen molar-refractivity contribution >= 4 is 5.91 Å². The first-order chi connectivity index (χ1) is 12.5. The van der Waals surface area contributed by atoms with E-state index in [9.17, 15) is 4.79 Å². The molecule has 1 atom stereocenters. The lowest BCUT2D eigenvalue weighted by molar-refractivity contribution is -0.146. The number of aromatic nitrogens is 3. The highest BCUT2D eigenvalue weighted by Crippen LogP contribution is 2.30. The second kappa shape index (κ2) is 8.45. The molecule has 26 heavy (non-hydrogen) atoms. The van der Waals surface area contributed by atoms with Crippen molar-refractivity contribution in [2.75, 3.05) is 13.2 Å². The van der Waals surface area contributed by atoms with E-state index in [-0.39, 0.29) is 17.4 Å². The fourth-order valence-electron chi connectivity index (χ4n) is 3.54. The van der Waals surface area contributed by atoms with Crippen molar-refractivity contribution in [2.24, 2.45) is 5.92 Å². The molecule has 0 aliphatic carbocycles. The molecule has 140 valence electrons. The molecule has 2 aromatic rings. The van der Waals surface area contributed by atoms with E-state index in [2.05, 4.69) is 23.8 Å². The van der Waals surface area contributed by atoms with Crippen LogP contribution in [0, 0.1) is 5.92 Å². The van der Waals surface area contributed by atoms with E-state index < -0.39 is 0 Å². The van der Waals surface area contributed by atoms with Gasteiger partial charge in [-0.2, -0.15) is 0 Å². The first-order valence-electron chi connectivity index (χ1n) is 9.31. The number of pyridine rings is 1. The highest BCUT2D eigenvalue weighted by molar-refractivity contribution is 5.79. The molecule has 0 N–H and O–H groups in total. The Balaban J connectivity index is 1.65. The summed E-state index contributed by atoms with van der Waals surface area (Å²) in [5.74, 6) is 0.263. The predicted octanol–water partition coefficient (Wildman–Crippen LogP) is 2.90. The van der Waals surface area contributed by atoms with Gasteiger partial charge in [-0.05, 0) is 44.7 Å². The van der Waals surface area contributed by atoms with Crippen molar-refractivity contribution in [3.8, 4) is 0 Å². The van der Waals surface area contributed by atoms with Crippen LogP contribution < -0.4 is 0 Å². The van der Waals surface area contributed by atoms with Crippen LogP contribution in [0.5, 0.6) is 0 Å². The molecule has 0 bridgehead atoms. The van der Waals surface area contributed by atoms with Crippen LogP contribution in [0.15, 0.2) is 43.2 Å². The van der Waals surface area contributed by atoms with Crippen LogP contribution in [0.4, 0.5) is 0 Å². The Kier molecular flexibility index (Phi) is 6.04. The summed E-state index contributed by atoms with van der Waals surface area (Å²) in [5, 5.41) is 0. The molecule has 1 unspecified atom stereocenters. The molecule has 3 rings (SSSR count). The van der Waals surface area contributed by atoms with Crippen molar-refractivity contribution in [3.63, 3.8) is 0 Å². The Bertz CT molecular complexity index is 685. The average Bonchev–Trinajstić information content (AvgIpc) is 3.14. The number of imidazole rings is 1. The number of hydrogen-bond donors (Lipinski definition) is 0. The molecule has 0 radical (unpaired) electrons. The Hall–Kier alpha value is -2.21. The van der Waals surface area contributed by atoms with E-state index in [0.29, 0.717) is 13.2 Å². The maximum atomic E-state index is 13.2. The average molecular weight is 356 g/mol. The minimum Gasteiger partial charge on any atom is -0.376 e. The standard InChI is InChI=1S/C20H28N4O2/c1-20(2)13-18(6-12-26-20)19(25)24(15-17-5-3-7-21-14-17)10-4-9-23-11-8-22-16-23/h3,5,7-8,11,14,16,18H,4,6,9-10,12-13,15H2,1-2H3. The molecular formula is C20H28N4O2. The molecule has 1 aliphatic heterocycles. The fourth-order valence-corrected chi connectivity index (χ4v) is 3.54. The maximum absolute atomic E-state index is 13.2. The third-order valence-electron chi connectivity index (χ3n) is 4.86. The van der Waals surface area contributed by atoms with E-state index in [1.807, 2.05) is 40.3 Å². The van der Waals surface area contributed by atoms with E-state index in [1.54, 1.807) is 12.4 Å². The molecule has 6 heteroatoms. The number of aryl methyl sites for hydroxylation is 1. The maximum Gasteiger partial charge on any atom is 0.226 e. The van der Waals surface area contributed by atoms with Gasteiger partial charge >= 0.3 is 0 Å². The Labute approximate surface area is 155 Å². The number of carbonyl (C=O) groups is 1. The summed E-state index contributed by atoms with van der Waals surface area (Å²) in [6.07, 6.45) is 11.6. The van der Waals surface area contributed by atoms with Gasteiger partial charge in [-0.15, -0.1) is 0 Å². The van der Waals surface area contributed by atoms with Gasteiger partial charge in [0.15, 0.2) is 0 Å². The summed E-state index contributed by atoms with van der Waals surface area (Å²) in [4.78, 5) is 23.5. The van der Waals surface area contributed by atoms with Crippen LogP contribution in [0.3, 0.4) is 0 Å². The number of rotatable bonds is 7. The summed E-state index contributed by atoms with van der Waals surface area (Å²) >= 11 is 0. The molecule has 3 heterocycles. The number of ether oxygens (including phenoxy) is 1. The third-order valence-corrected chi connectivity index (χ3v) is 4.86. The van der Waals surface area contributed by atoms with E-state index in [0.717, 1.165) is 37.9 Å². The first-order valence-corrected chi connectivity index (χ1v) is 9.31. The second-order valence-electron chi connectivity index (χ2n) is 7.57. The minimum absolute atomic E-state index is 0.0312. The van der Waals surface area contributed by atoms with Gasteiger partial charge < -0.3 is 14.2 Å². The van der Waals surface area contributed by atoms with Crippen molar-refractivity contribution in [1.82, 2.24) is 19.4 Å². The highest BCUT2D eigenvalue weighted by Gasteiger charge is 2.34. The molecule has 1 fully saturated rings. The summed E-state index contributed by atoms with van der Waals surface area (Å²) in [6.45, 7) is 6.97. The highest BCUT2D eigenvalue weighted by atomic mass is 16.5. The topological polar surface area (TPSA) is 60.2 Å². The number of nitrogens with zero attached hydrogens (tertiary/aromatic N) is 4. The zero-order chi connectivity index (χ0) is 18.4. The summed E-state index contributed by atoms with van der Waals surface area (Å²) in [7, 11) is 0. The summed E-state index contributed by atoms with van der Waals surface area (Å²) in [5.41, 5.74) is 0.838. The third kappa shape index (κ3) is 5.14. The van der Waals surface area contributed by atoms with Crippen LogP contribution in [-0.2, 0) is 22.6 Å². The monoisotopic (exact) mass is 356 g/mol. The Morgan fingerprint density at radius 2 is 2.27 bits per heavy atom. The lowest BCUT2D eigenvalue weighted by Crippen LogP contribution is -2.43. The van der Waals surface area contributed by atoms with Gasteiger partial charge in [0.05, 0.1) is 11.9 Å².